The van der Waals surface area contributed by atoms with E-state index in [0.29, 0.717) is 0 Å². The molecule has 1 aromatic carbocycles. The van der Waals surface area contributed by atoms with Gasteiger partial charge in [-0.15, -0.1) is 0 Å². The normalized spacial score (nSPS) is 9.43. The number of aromatic carboxylic acids is 1. The maximum Gasteiger partial charge on any atom is 1.00 e. The molecule has 0 fully saturated rings. The first kappa shape index (κ1) is 11.8. The second-order valence-electron chi connectivity index (χ2n) is 2.70. The smallest absolute Gasteiger partial charge is 0.545 e. The van der Waals surface area contributed by atoms with Crippen LogP contribution in [0, 0.1) is 0 Å². The summed E-state index contributed by atoms with van der Waals surface area (Å²) in [5.74, 6) is -1.20. The molecule has 0 saturated carbocycles. The fraction of sp³-hybridized carbons (Fsp3) is 0. The van der Waals surface area contributed by atoms with Crippen LogP contribution < -0.4 is 56.5 Å². The number of carbonyl (C=O) groups excluding carboxylic acids is 1. The van der Waals surface area contributed by atoms with Crippen molar-refractivity contribution >= 4 is 16.9 Å². The van der Waals surface area contributed by atoms with Crippen molar-refractivity contribution in [3.8, 4) is 0 Å². The van der Waals surface area contributed by atoms with Gasteiger partial charge in [0.25, 0.3) is 0 Å². The van der Waals surface area contributed by atoms with Gasteiger partial charge in [-0.3, -0.25) is 4.98 Å². The first-order valence-corrected chi connectivity index (χ1v) is 3.83. The minimum Gasteiger partial charge on any atom is -0.545 e. The summed E-state index contributed by atoms with van der Waals surface area (Å²) in [7, 11) is 0. The van der Waals surface area contributed by atoms with Crippen molar-refractivity contribution in [3.05, 3.63) is 42.1 Å². The van der Waals surface area contributed by atoms with E-state index >= 15 is 0 Å². The summed E-state index contributed by atoms with van der Waals surface area (Å²) in [5.41, 5.74) is 0.895. The van der Waals surface area contributed by atoms with Crippen LogP contribution in [0.5, 0.6) is 0 Å². The monoisotopic (exact) mass is 211 g/mol. The van der Waals surface area contributed by atoms with E-state index < -0.39 is 5.97 Å². The summed E-state index contributed by atoms with van der Waals surface area (Å²) in [6.07, 6.45) is 1.30. The molecule has 0 saturated heterocycles. The number of pyridine rings is 1. The van der Waals surface area contributed by atoms with E-state index in [-0.39, 0.29) is 56.9 Å². The molecular weight excluding hydrogens is 205 g/mol. The number of carbonyl (C=O) groups is 1. The Morgan fingerprint density at radius 3 is 2.71 bits per heavy atom. The summed E-state index contributed by atoms with van der Waals surface area (Å²) in [6.45, 7) is 0. The van der Waals surface area contributed by atoms with E-state index in [4.69, 9.17) is 0 Å². The zero-order valence-electron chi connectivity index (χ0n) is 7.73. The topological polar surface area (TPSA) is 53.0 Å². The maximum absolute atomic E-state index is 10.5. The summed E-state index contributed by atoms with van der Waals surface area (Å²) in [6, 6.07) is 8.89. The van der Waals surface area contributed by atoms with Crippen LogP contribution in [-0.2, 0) is 0 Å². The molecule has 0 aliphatic heterocycles. The molecule has 0 aliphatic carbocycles. The van der Waals surface area contributed by atoms with Crippen molar-refractivity contribution in [2.24, 2.45) is 0 Å². The second kappa shape index (κ2) is 5.00. The molecule has 0 spiro atoms. The molecule has 4 heteroatoms. The number of fused-ring (bicyclic) bond motifs is 1. The Bertz CT molecular complexity index is 470. The number of benzene rings is 1. The van der Waals surface area contributed by atoms with E-state index in [2.05, 4.69) is 4.98 Å². The molecule has 0 aliphatic rings. The van der Waals surface area contributed by atoms with Crippen molar-refractivity contribution in [3.63, 3.8) is 0 Å². The molecule has 0 amide bonds. The molecule has 64 valence electrons. The van der Waals surface area contributed by atoms with Gasteiger partial charge in [0.2, 0.25) is 0 Å². The molecule has 2 aromatic rings. The molecule has 1 aromatic heterocycles. The summed E-state index contributed by atoms with van der Waals surface area (Å²) < 4.78 is 0. The van der Waals surface area contributed by atoms with Crippen LogP contribution in [0.1, 0.15) is 10.4 Å². The Morgan fingerprint density at radius 2 is 2.00 bits per heavy atom. The first-order valence-electron chi connectivity index (χ1n) is 3.83. The molecule has 0 radical (unpaired) electrons. The van der Waals surface area contributed by atoms with Crippen molar-refractivity contribution in [2.45, 2.75) is 0 Å². The van der Waals surface area contributed by atoms with E-state index in [1.165, 1.54) is 6.20 Å². The molecule has 2 rings (SSSR count). The van der Waals surface area contributed by atoms with E-state index in [1.54, 1.807) is 6.07 Å². The summed E-state index contributed by atoms with van der Waals surface area (Å²) in [4.78, 5) is 14.5. The fourth-order valence-corrected chi connectivity index (χ4v) is 1.18. The largest absolute Gasteiger partial charge is 1.00 e. The Labute approximate surface area is 124 Å². The van der Waals surface area contributed by atoms with Crippen molar-refractivity contribution < 1.29 is 61.3 Å². The fourth-order valence-electron chi connectivity index (χ4n) is 1.18. The quantitative estimate of drug-likeness (QED) is 0.494. The van der Waals surface area contributed by atoms with Gasteiger partial charge in [0.15, 0.2) is 0 Å². The van der Waals surface area contributed by atoms with Gasteiger partial charge in [-0.1, -0.05) is 18.2 Å². The Hall–Kier alpha value is -0.264. The number of rotatable bonds is 1. The number of aromatic nitrogens is 1. The molecule has 1 heterocycles. The Kier molecular flexibility index (Phi) is 4.22. The van der Waals surface area contributed by atoms with E-state index in [1.807, 2.05) is 24.3 Å². The van der Waals surface area contributed by atoms with Crippen molar-refractivity contribution in [1.82, 2.24) is 4.98 Å². The molecule has 0 N–H and O–H groups in total. The number of carboxylic acid groups (broad SMARTS) is 1. The average molecular weight is 211 g/mol. The number of carboxylic acids is 1. The summed E-state index contributed by atoms with van der Waals surface area (Å²) in [5, 5.41) is 11.3. The minimum absolute atomic E-state index is 0. The maximum atomic E-state index is 10.5. The molecular formula is C10H6KNO2. The van der Waals surface area contributed by atoms with Crippen LogP contribution in [-0.4, -0.2) is 11.0 Å². The van der Waals surface area contributed by atoms with Crippen LogP contribution >= 0.6 is 0 Å². The first-order chi connectivity index (χ1) is 6.27. The van der Waals surface area contributed by atoms with Gasteiger partial charge in [0.05, 0.1) is 11.5 Å². The zero-order valence-corrected chi connectivity index (χ0v) is 10.9. The number of hydrogen-bond donors (Lipinski definition) is 0. The molecule has 3 nitrogen and oxygen atoms in total. The van der Waals surface area contributed by atoms with Crippen molar-refractivity contribution in [1.29, 1.82) is 0 Å². The van der Waals surface area contributed by atoms with Crippen LogP contribution in [0.4, 0.5) is 0 Å². The number of nitrogens with zero attached hydrogens (tertiary/aromatic N) is 1. The SMILES string of the molecule is O=C([O-])c1cnc2ccccc2c1.[K+]. The molecule has 0 unspecified atom stereocenters. The van der Waals surface area contributed by atoms with Crippen LogP contribution in [0.15, 0.2) is 36.5 Å². The Balaban J connectivity index is 0.000000980. The van der Waals surface area contributed by atoms with Gasteiger partial charge < -0.3 is 9.90 Å². The zero-order chi connectivity index (χ0) is 9.26. The van der Waals surface area contributed by atoms with Crippen LogP contribution in [0.25, 0.3) is 10.9 Å². The third-order valence-electron chi connectivity index (χ3n) is 1.83. The second-order valence-corrected chi connectivity index (χ2v) is 2.70. The van der Waals surface area contributed by atoms with Crippen LogP contribution in [0.2, 0.25) is 0 Å². The average Bonchev–Trinajstić information content (AvgIpc) is 2.17. The standard InChI is InChI=1S/C10H7NO2.K/c12-10(13)8-5-7-3-1-2-4-9(7)11-6-8;/h1-6H,(H,12,13);/q;+1/p-1. The molecule has 0 atom stereocenters. The van der Waals surface area contributed by atoms with Crippen LogP contribution in [0.3, 0.4) is 0 Å². The predicted molar refractivity (Wildman–Crippen MR) is 46.1 cm³/mol. The third-order valence-corrected chi connectivity index (χ3v) is 1.83. The van der Waals surface area contributed by atoms with Gasteiger partial charge in [-0.25, -0.2) is 0 Å². The minimum atomic E-state index is -1.20. The van der Waals surface area contributed by atoms with Gasteiger partial charge in [-0.05, 0) is 12.1 Å². The summed E-state index contributed by atoms with van der Waals surface area (Å²) >= 11 is 0. The molecule has 14 heavy (non-hydrogen) atoms. The Morgan fingerprint density at radius 1 is 1.29 bits per heavy atom. The number of hydrogen-bond acceptors (Lipinski definition) is 3. The number of para-hydroxylation sites is 1. The van der Waals surface area contributed by atoms with E-state index in [9.17, 15) is 9.90 Å². The third kappa shape index (κ3) is 2.40. The van der Waals surface area contributed by atoms with Gasteiger partial charge >= 0.3 is 51.4 Å². The van der Waals surface area contributed by atoms with E-state index in [0.717, 1.165) is 10.9 Å². The molecule has 0 bridgehead atoms. The predicted octanol–water partition coefficient (Wildman–Crippen LogP) is -2.40. The van der Waals surface area contributed by atoms with Crippen molar-refractivity contribution in [2.75, 3.05) is 0 Å². The van der Waals surface area contributed by atoms with Gasteiger partial charge in [0, 0.05) is 17.1 Å². The van der Waals surface area contributed by atoms with Gasteiger partial charge in [0.1, 0.15) is 0 Å². The van der Waals surface area contributed by atoms with Gasteiger partial charge in [-0.2, -0.15) is 0 Å².